The maximum absolute atomic E-state index is 12.3. The van der Waals surface area contributed by atoms with Crippen LogP contribution < -0.4 is 0 Å². The molecule has 0 spiro atoms. The van der Waals surface area contributed by atoms with E-state index in [4.69, 9.17) is 11.6 Å². The monoisotopic (exact) mass is 296 g/mol. The molecule has 0 fully saturated rings. The van der Waals surface area contributed by atoms with Gasteiger partial charge >= 0.3 is 0 Å². The van der Waals surface area contributed by atoms with Gasteiger partial charge in [0.05, 0.1) is 5.69 Å². The fourth-order valence-electron chi connectivity index (χ4n) is 1.40. The summed E-state index contributed by atoms with van der Waals surface area (Å²) in [5, 5.41) is 0. The van der Waals surface area contributed by atoms with Crippen LogP contribution in [-0.4, -0.2) is 31.3 Å². The highest BCUT2D eigenvalue weighted by Gasteiger charge is 2.26. The van der Waals surface area contributed by atoms with Gasteiger partial charge in [0.15, 0.2) is 8.68 Å². The zero-order valence-corrected chi connectivity index (χ0v) is 12.8. The highest BCUT2D eigenvalue weighted by atomic mass is 35.5. The predicted octanol–water partition coefficient (Wildman–Crippen LogP) is 2.77. The Labute approximate surface area is 112 Å². The van der Waals surface area contributed by atoms with Crippen LogP contribution >= 0.6 is 22.9 Å². The second-order valence-electron chi connectivity index (χ2n) is 4.14. The Morgan fingerprint density at radius 1 is 1.53 bits per heavy atom. The summed E-state index contributed by atoms with van der Waals surface area (Å²) >= 11 is 6.74. The Morgan fingerprint density at radius 3 is 2.53 bits per heavy atom. The van der Waals surface area contributed by atoms with Crippen LogP contribution in [-0.2, 0) is 10.0 Å². The van der Waals surface area contributed by atoms with E-state index in [1.165, 1.54) is 4.31 Å². The summed E-state index contributed by atoms with van der Waals surface area (Å²) in [6.45, 7) is 6.23. The van der Waals surface area contributed by atoms with Gasteiger partial charge in [0.1, 0.15) is 0 Å². The highest BCUT2D eigenvalue weighted by Crippen LogP contribution is 2.29. The number of sulfonamides is 1. The number of aryl methyl sites for hydroxylation is 1. The van der Waals surface area contributed by atoms with E-state index >= 15 is 0 Å². The molecule has 0 aromatic carbocycles. The Balaban J connectivity index is 2.99. The number of thiazole rings is 1. The molecule has 1 aromatic rings. The van der Waals surface area contributed by atoms with Crippen LogP contribution in [0.15, 0.2) is 4.21 Å². The molecule has 0 amide bonds. The molecular formula is C10H17ClN2O2S2. The molecule has 0 radical (unpaired) electrons. The lowest BCUT2D eigenvalue weighted by Gasteiger charge is -2.19. The molecule has 1 atom stereocenters. The van der Waals surface area contributed by atoms with Gasteiger partial charge in [-0.3, -0.25) is 0 Å². The average Bonchev–Trinajstić information content (AvgIpc) is 2.58. The molecule has 0 saturated carbocycles. The van der Waals surface area contributed by atoms with Crippen molar-refractivity contribution in [1.82, 2.24) is 9.29 Å². The first kappa shape index (κ1) is 14.9. The van der Waals surface area contributed by atoms with Gasteiger partial charge in [0.2, 0.25) is 0 Å². The van der Waals surface area contributed by atoms with Gasteiger partial charge in [-0.25, -0.2) is 13.4 Å². The average molecular weight is 297 g/mol. The first-order valence-electron chi connectivity index (χ1n) is 5.38. The summed E-state index contributed by atoms with van der Waals surface area (Å²) in [6, 6.07) is 0. The lowest BCUT2D eigenvalue weighted by molar-refractivity contribution is 0.394. The van der Waals surface area contributed by atoms with Crippen LogP contribution in [0.25, 0.3) is 0 Å². The van der Waals surface area contributed by atoms with Gasteiger partial charge in [0.25, 0.3) is 10.0 Å². The zero-order valence-electron chi connectivity index (χ0n) is 10.4. The van der Waals surface area contributed by atoms with Crippen molar-refractivity contribution in [2.45, 2.75) is 31.4 Å². The zero-order chi connectivity index (χ0) is 13.2. The van der Waals surface area contributed by atoms with E-state index < -0.39 is 10.0 Å². The lowest BCUT2D eigenvalue weighted by atomic mass is 10.1. The van der Waals surface area contributed by atoms with E-state index in [0.29, 0.717) is 18.2 Å². The summed E-state index contributed by atoms with van der Waals surface area (Å²) in [7, 11) is -1.86. The number of halogens is 1. The molecule has 17 heavy (non-hydrogen) atoms. The smallest absolute Gasteiger partial charge is 0.229 e. The first-order chi connectivity index (χ1) is 7.78. The van der Waals surface area contributed by atoms with Crippen LogP contribution in [0, 0.1) is 12.8 Å². The minimum atomic E-state index is -3.45. The molecule has 1 unspecified atom stereocenters. The van der Waals surface area contributed by atoms with Crippen LogP contribution in [0.2, 0.25) is 4.47 Å². The van der Waals surface area contributed by atoms with Gasteiger partial charge in [-0.05, 0) is 12.8 Å². The number of hydrogen-bond acceptors (Lipinski definition) is 4. The number of nitrogens with zero attached hydrogens (tertiary/aromatic N) is 2. The molecule has 0 aliphatic carbocycles. The van der Waals surface area contributed by atoms with Gasteiger partial charge in [-0.15, -0.1) is 0 Å². The molecular weight excluding hydrogens is 280 g/mol. The van der Waals surface area contributed by atoms with Crippen molar-refractivity contribution < 1.29 is 8.42 Å². The summed E-state index contributed by atoms with van der Waals surface area (Å²) in [5.41, 5.74) is 0.469. The van der Waals surface area contributed by atoms with Crippen LogP contribution in [0.1, 0.15) is 26.0 Å². The lowest BCUT2D eigenvalue weighted by Crippen LogP contribution is -2.30. The molecule has 7 heteroatoms. The summed E-state index contributed by atoms with van der Waals surface area (Å²) < 4.78 is 26.4. The van der Waals surface area contributed by atoms with Crippen LogP contribution in [0.4, 0.5) is 0 Å². The molecule has 1 heterocycles. The minimum absolute atomic E-state index is 0.244. The maximum Gasteiger partial charge on any atom is 0.254 e. The maximum atomic E-state index is 12.3. The Bertz CT molecular complexity index is 484. The second-order valence-corrected chi connectivity index (χ2v) is 7.96. The third-order valence-electron chi connectivity index (χ3n) is 2.64. The molecule has 0 saturated heterocycles. The third-order valence-corrected chi connectivity index (χ3v) is 6.31. The van der Waals surface area contributed by atoms with Crippen molar-refractivity contribution in [2.75, 3.05) is 13.6 Å². The predicted molar refractivity (Wildman–Crippen MR) is 71.1 cm³/mol. The molecule has 98 valence electrons. The van der Waals surface area contributed by atoms with Crippen molar-refractivity contribution in [3.8, 4) is 0 Å². The van der Waals surface area contributed by atoms with Gasteiger partial charge < -0.3 is 0 Å². The highest BCUT2D eigenvalue weighted by molar-refractivity contribution is 7.91. The standard InChI is InChI=1S/C10H17ClN2O2S2/c1-5-7(2)6-13(4)17(14,15)9-8(3)12-10(11)16-9/h7H,5-6H2,1-4H3. The minimum Gasteiger partial charge on any atom is -0.229 e. The first-order valence-corrected chi connectivity index (χ1v) is 8.01. The molecule has 1 rings (SSSR count). The molecule has 0 bridgehead atoms. The summed E-state index contributed by atoms with van der Waals surface area (Å²) in [5.74, 6) is 0.332. The van der Waals surface area contributed by atoms with Gasteiger partial charge in [-0.1, -0.05) is 43.2 Å². The van der Waals surface area contributed by atoms with Crippen molar-refractivity contribution >= 4 is 33.0 Å². The van der Waals surface area contributed by atoms with E-state index in [2.05, 4.69) is 4.98 Å². The van der Waals surface area contributed by atoms with Crippen molar-refractivity contribution in [2.24, 2.45) is 5.92 Å². The van der Waals surface area contributed by atoms with E-state index in [1.807, 2.05) is 13.8 Å². The fourth-order valence-corrected chi connectivity index (χ4v) is 4.61. The Morgan fingerprint density at radius 2 is 2.12 bits per heavy atom. The third kappa shape index (κ3) is 3.40. The van der Waals surface area contributed by atoms with E-state index in [9.17, 15) is 8.42 Å². The molecule has 0 N–H and O–H groups in total. The summed E-state index contributed by atoms with van der Waals surface area (Å²) in [4.78, 5) is 3.94. The van der Waals surface area contributed by atoms with E-state index in [0.717, 1.165) is 17.8 Å². The quantitative estimate of drug-likeness (QED) is 0.839. The largest absolute Gasteiger partial charge is 0.254 e. The van der Waals surface area contributed by atoms with E-state index in [1.54, 1.807) is 14.0 Å². The van der Waals surface area contributed by atoms with Crippen molar-refractivity contribution in [3.05, 3.63) is 10.2 Å². The van der Waals surface area contributed by atoms with E-state index in [-0.39, 0.29) is 8.68 Å². The molecule has 4 nitrogen and oxygen atoms in total. The van der Waals surface area contributed by atoms with Gasteiger partial charge in [0, 0.05) is 13.6 Å². The Hall–Kier alpha value is -0.170. The van der Waals surface area contributed by atoms with Crippen molar-refractivity contribution in [1.29, 1.82) is 0 Å². The number of hydrogen-bond donors (Lipinski definition) is 0. The molecule has 1 aromatic heterocycles. The molecule has 0 aliphatic rings. The summed E-state index contributed by atoms with van der Waals surface area (Å²) in [6.07, 6.45) is 0.947. The van der Waals surface area contributed by atoms with Crippen molar-refractivity contribution in [3.63, 3.8) is 0 Å². The molecule has 0 aliphatic heterocycles. The van der Waals surface area contributed by atoms with Gasteiger partial charge in [-0.2, -0.15) is 4.31 Å². The number of aromatic nitrogens is 1. The SMILES string of the molecule is CCC(C)CN(C)S(=O)(=O)c1sc(Cl)nc1C. The Kier molecular flexibility index (Phi) is 4.95. The topological polar surface area (TPSA) is 50.3 Å². The fraction of sp³-hybridized carbons (Fsp3) is 0.700. The number of rotatable bonds is 5. The second kappa shape index (κ2) is 5.65. The van der Waals surface area contributed by atoms with Crippen LogP contribution in [0.3, 0.4) is 0 Å². The van der Waals surface area contributed by atoms with Crippen LogP contribution in [0.5, 0.6) is 0 Å². The normalized spacial score (nSPS) is 14.2.